The van der Waals surface area contributed by atoms with Crippen LogP contribution in [-0.2, 0) is 6.42 Å². The first kappa shape index (κ1) is 17.1. The highest BCUT2D eigenvalue weighted by atomic mass is 16.5. The minimum atomic E-state index is -0.263. The van der Waals surface area contributed by atoms with Gasteiger partial charge in [0, 0.05) is 30.9 Å². The Balaban J connectivity index is 1.72. The summed E-state index contributed by atoms with van der Waals surface area (Å²) >= 11 is 0. The number of carbonyl (C=O) groups is 1. The number of rotatable bonds is 4. The first-order valence-corrected chi connectivity index (χ1v) is 8.68. The van der Waals surface area contributed by atoms with E-state index in [1.165, 1.54) is 0 Å². The molecule has 0 saturated heterocycles. The molecular weight excluding hydrogens is 344 g/mol. The summed E-state index contributed by atoms with van der Waals surface area (Å²) in [5, 5.41) is 0. The van der Waals surface area contributed by atoms with Crippen LogP contribution in [0.4, 0.5) is 0 Å². The number of hydrogen-bond donors (Lipinski definition) is 1. The van der Waals surface area contributed by atoms with Gasteiger partial charge in [-0.1, -0.05) is 12.1 Å². The minimum absolute atomic E-state index is 0.0837. The molecule has 7 nitrogen and oxygen atoms in total. The van der Waals surface area contributed by atoms with E-state index in [4.69, 9.17) is 9.47 Å². The number of fused-ring (bicyclic) bond motifs is 1. The average Bonchev–Trinajstić information content (AvgIpc) is 3.21. The average molecular weight is 364 g/mol. The van der Waals surface area contributed by atoms with E-state index in [-0.39, 0.29) is 11.9 Å². The summed E-state index contributed by atoms with van der Waals surface area (Å²) in [4.78, 5) is 26.9. The van der Waals surface area contributed by atoms with Crippen molar-refractivity contribution < 1.29 is 14.3 Å². The molecule has 1 atom stereocenters. The third kappa shape index (κ3) is 3.12. The number of nitrogens with one attached hydrogen (secondary N) is 1. The number of pyridine rings is 1. The van der Waals surface area contributed by atoms with E-state index in [9.17, 15) is 4.79 Å². The number of carbonyl (C=O) groups excluding carboxylic acids is 1. The van der Waals surface area contributed by atoms with Crippen LogP contribution < -0.4 is 9.47 Å². The van der Waals surface area contributed by atoms with Gasteiger partial charge in [0.15, 0.2) is 0 Å². The van der Waals surface area contributed by atoms with E-state index >= 15 is 0 Å². The lowest BCUT2D eigenvalue weighted by molar-refractivity contribution is 0.0690. The first-order valence-electron chi connectivity index (χ1n) is 8.68. The van der Waals surface area contributed by atoms with E-state index in [2.05, 4.69) is 15.0 Å². The molecule has 0 aliphatic carbocycles. The number of imidazole rings is 1. The summed E-state index contributed by atoms with van der Waals surface area (Å²) in [6.45, 7) is 0.594. The zero-order chi connectivity index (χ0) is 18.8. The fourth-order valence-corrected chi connectivity index (χ4v) is 3.41. The molecule has 1 amide bonds. The summed E-state index contributed by atoms with van der Waals surface area (Å²) < 4.78 is 10.3. The summed E-state index contributed by atoms with van der Waals surface area (Å²) in [6, 6.07) is 10.9. The fourth-order valence-electron chi connectivity index (χ4n) is 3.41. The molecular formula is C20H20N4O3. The number of amides is 1. The smallest absolute Gasteiger partial charge is 0.256 e. The first-order chi connectivity index (χ1) is 13.2. The molecule has 7 heteroatoms. The number of aromatic nitrogens is 3. The Morgan fingerprint density at radius 1 is 1.11 bits per heavy atom. The third-order valence-electron chi connectivity index (χ3n) is 4.81. The third-order valence-corrected chi connectivity index (χ3v) is 4.81. The van der Waals surface area contributed by atoms with Crippen molar-refractivity contribution in [3.63, 3.8) is 0 Å². The predicted molar refractivity (Wildman–Crippen MR) is 99.0 cm³/mol. The summed E-state index contributed by atoms with van der Waals surface area (Å²) in [6.07, 6.45) is 3.97. The van der Waals surface area contributed by atoms with Crippen LogP contribution in [0.15, 0.2) is 48.9 Å². The molecule has 0 saturated carbocycles. The topological polar surface area (TPSA) is 80.3 Å². The van der Waals surface area contributed by atoms with Gasteiger partial charge in [-0.15, -0.1) is 0 Å². The highest BCUT2D eigenvalue weighted by Crippen LogP contribution is 2.35. The molecule has 4 rings (SSSR count). The van der Waals surface area contributed by atoms with E-state index in [1.54, 1.807) is 38.9 Å². The Bertz CT molecular complexity index is 935. The number of benzene rings is 1. The Kier molecular flexibility index (Phi) is 4.50. The van der Waals surface area contributed by atoms with Crippen molar-refractivity contribution in [3.05, 3.63) is 71.4 Å². The van der Waals surface area contributed by atoms with Crippen LogP contribution in [0.25, 0.3) is 0 Å². The van der Waals surface area contributed by atoms with Crippen molar-refractivity contribution in [2.24, 2.45) is 0 Å². The molecule has 138 valence electrons. The number of H-pyrrole nitrogens is 1. The molecule has 1 N–H and O–H groups in total. The van der Waals surface area contributed by atoms with Gasteiger partial charge in [-0.3, -0.25) is 4.79 Å². The van der Waals surface area contributed by atoms with Gasteiger partial charge in [0.1, 0.15) is 11.8 Å². The van der Waals surface area contributed by atoms with Crippen molar-refractivity contribution in [1.29, 1.82) is 0 Å². The predicted octanol–water partition coefficient (Wildman–Crippen LogP) is 2.61. The summed E-state index contributed by atoms with van der Waals surface area (Å²) in [5.41, 5.74) is 3.45. The largest absolute Gasteiger partial charge is 0.497 e. The molecule has 2 aromatic heterocycles. The van der Waals surface area contributed by atoms with Crippen molar-refractivity contribution >= 4 is 5.91 Å². The van der Waals surface area contributed by atoms with Gasteiger partial charge >= 0.3 is 0 Å². The SMILES string of the molecule is COc1ccc([C@H]2c3nc[nH]c3CCN2C(=O)c2ccc(OC)nc2)cc1. The maximum atomic E-state index is 13.2. The van der Waals surface area contributed by atoms with Gasteiger partial charge in [0.2, 0.25) is 5.88 Å². The van der Waals surface area contributed by atoms with Gasteiger partial charge in [0.25, 0.3) is 5.91 Å². The lowest BCUT2D eigenvalue weighted by Gasteiger charge is -2.35. The highest BCUT2D eigenvalue weighted by molar-refractivity contribution is 5.94. The van der Waals surface area contributed by atoms with E-state index in [1.807, 2.05) is 29.2 Å². The molecule has 1 aromatic carbocycles. The molecule has 27 heavy (non-hydrogen) atoms. The van der Waals surface area contributed by atoms with E-state index < -0.39 is 0 Å². The Morgan fingerprint density at radius 3 is 2.59 bits per heavy atom. The molecule has 0 spiro atoms. The second-order valence-electron chi connectivity index (χ2n) is 6.28. The quantitative estimate of drug-likeness (QED) is 0.770. The number of nitrogens with zero attached hydrogens (tertiary/aromatic N) is 3. The van der Waals surface area contributed by atoms with E-state index in [0.717, 1.165) is 29.1 Å². The Labute approximate surface area is 157 Å². The molecule has 0 radical (unpaired) electrons. The van der Waals surface area contributed by atoms with Crippen LogP contribution in [0.1, 0.15) is 33.4 Å². The van der Waals surface area contributed by atoms with Gasteiger partial charge < -0.3 is 19.4 Å². The van der Waals surface area contributed by atoms with Crippen LogP contribution in [0.2, 0.25) is 0 Å². The summed E-state index contributed by atoms with van der Waals surface area (Å²) in [7, 11) is 3.18. The zero-order valence-electron chi connectivity index (χ0n) is 15.2. The van der Waals surface area contributed by atoms with Crippen LogP contribution in [0, 0.1) is 0 Å². The minimum Gasteiger partial charge on any atom is -0.497 e. The number of methoxy groups -OCH3 is 2. The fraction of sp³-hybridized carbons (Fsp3) is 0.250. The van der Waals surface area contributed by atoms with Crippen molar-refractivity contribution in [1.82, 2.24) is 19.9 Å². The molecule has 1 aliphatic rings. The van der Waals surface area contributed by atoms with Crippen LogP contribution >= 0.6 is 0 Å². The lowest BCUT2D eigenvalue weighted by atomic mass is 9.95. The number of ether oxygens (including phenoxy) is 2. The van der Waals surface area contributed by atoms with Gasteiger partial charge in [-0.25, -0.2) is 9.97 Å². The lowest BCUT2D eigenvalue weighted by Crippen LogP contribution is -2.40. The molecule has 3 aromatic rings. The molecule has 0 unspecified atom stereocenters. The van der Waals surface area contributed by atoms with Crippen LogP contribution in [-0.4, -0.2) is 46.5 Å². The standard InChI is InChI=1S/C20H20N4O3/c1-26-15-6-3-13(4-7-15)19-18-16(22-12-23-18)9-10-24(19)20(25)14-5-8-17(27-2)21-11-14/h3-8,11-12,19H,9-10H2,1-2H3,(H,22,23)/t19-/m0/s1. The maximum Gasteiger partial charge on any atom is 0.256 e. The van der Waals surface area contributed by atoms with Crippen molar-refractivity contribution in [2.75, 3.05) is 20.8 Å². The second kappa shape index (κ2) is 7.11. The normalized spacial score (nSPS) is 15.9. The maximum absolute atomic E-state index is 13.2. The monoisotopic (exact) mass is 364 g/mol. The van der Waals surface area contributed by atoms with Crippen LogP contribution in [0.5, 0.6) is 11.6 Å². The molecule has 1 aliphatic heterocycles. The highest BCUT2D eigenvalue weighted by Gasteiger charge is 2.34. The van der Waals surface area contributed by atoms with E-state index in [0.29, 0.717) is 18.0 Å². The zero-order valence-corrected chi connectivity index (χ0v) is 15.2. The molecule has 0 fully saturated rings. The number of hydrogen-bond acceptors (Lipinski definition) is 5. The Morgan fingerprint density at radius 2 is 1.93 bits per heavy atom. The molecule has 0 bridgehead atoms. The van der Waals surface area contributed by atoms with Gasteiger partial charge in [-0.2, -0.15) is 0 Å². The van der Waals surface area contributed by atoms with Gasteiger partial charge in [-0.05, 0) is 23.8 Å². The van der Waals surface area contributed by atoms with Crippen molar-refractivity contribution in [3.8, 4) is 11.6 Å². The number of aromatic amines is 1. The van der Waals surface area contributed by atoms with Crippen LogP contribution in [0.3, 0.4) is 0 Å². The Hall–Kier alpha value is -3.35. The molecule has 3 heterocycles. The summed E-state index contributed by atoms with van der Waals surface area (Å²) in [5.74, 6) is 1.17. The van der Waals surface area contributed by atoms with Crippen molar-refractivity contribution in [2.45, 2.75) is 12.5 Å². The van der Waals surface area contributed by atoms with Gasteiger partial charge in [0.05, 0.1) is 31.8 Å². The second-order valence-corrected chi connectivity index (χ2v) is 6.28.